The Bertz CT molecular complexity index is 614. The average molecular weight is 299 g/mol. The molecule has 0 aliphatic carbocycles. The number of carbonyl (C=O) groups excluding carboxylic acids is 1. The molecule has 0 fully saturated rings. The zero-order valence-corrected chi connectivity index (χ0v) is 11.2. The van der Waals surface area contributed by atoms with E-state index in [1.54, 1.807) is 18.2 Å². The van der Waals surface area contributed by atoms with Crippen LogP contribution >= 0.6 is 23.2 Å². The van der Waals surface area contributed by atoms with Crippen LogP contribution in [-0.2, 0) is 6.61 Å². The molecule has 0 unspecified atom stereocenters. The lowest BCUT2D eigenvalue weighted by molar-refractivity contribution is 0.111. The molecule has 0 saturated carbocycles. The Balaban J connectivity index is 2.14. The van der Waals surface area contributed by atoms with Crippen LogP contribution in [0.15, 0.2) is 36.4 Å². The second kappa shape index (κ2) is 6.04. The predicted molar refractivity (Wildman–Crippen MR) is 72.6 cm³/mol. The van der Waals surface area contributed by atoms with Gasteiger partial charge < -0.3 is 4.74 Å². The normalized spacial score (nSPS) is 10.3. The van der Waals surface area contributed by atoms with Crippen molar-refractivity contribution in [3.63, 3.8) is 0 Å². The zero-order chi connectivity index (χ0) is 13.8. The fraction of sp³-hybridized carbons (Fsp3) is 0.0714. The number of rotatable bonds is 4. The van der Waals surface area contributed by atoms with Crippen LogP contribution in [0.5, 0.6) is 5.75 Å². The van der Waals surface area contributed by atoms with Crippen molar-refractivity contribution >= 4 is 29.5 Å². The van der Waals surface area contributed by atoms with Crippen LogP contribution in [-0.4, -0.2) is 6.29 Å². The summed E-state index contributed by atoms with van der Waals surface area (Å²) in [7, 11) is 0. The summed E-state index contributed by atoms with van der Waals surface area (Å²) < 4.78 is 18.5. The van der Waals surface area contributed by atoms with Gasteiger partial charge in [0.15, 0.2) is 6.29 Å². The number of carbonyl (C=O) groups is 1. The van der Waals surface area contributed by atoms with E-state index >= 15 is 0 Å². The van der Waals surface area contributed by atoms with Gasteiger partial charge in [0.25, 0.3) is 0 Å². The summed E-state index contributed by atoms with van der Waals surface area (Å²) >= 11 is 11.4. The maximum absolute atomic E-state index is 13.0. The third-order valence-corrected chi connectivity index (χ3v) is 3.00. The molecular formula is C14H9Cl2FO2. The largest absolute Gasteiger partial charge is 0.488 e. The van der Waals surface area contributed by atoms with Crippen molar-refractivity contribution in [2.24, 2.45) is 0 Å². The van der Waals surface area contributed by atoms with Crippen LogP contribution in [0.1, 0.15) is 15.9 Å². The van der Waals surface area contributed by atoms with Gasteiger partial charge in [-0.2, -0.15) is 0 Å². The molecule has 0 aliphatic rings. The average Bonchev–Trinajstić information content (AvgIpc) is 2.41. The number of hydrogen-bond acceptors (Lipinski definition) is 2. The summed E-state index contributed by atoms with van der Waals surface area (Å²) in [6, 6.07) is 9.06. The number of halogens is 3. The first-order valence-electron chi connectivity index (χ1n) is 5.41. The van der Waals surface area contributed by atoms with E-state index in [-0.39, 0.29) is 11.6 Å². The van der Waals surface area contributed by atoms with Gasteiger partial charge in [-0.25, -0.2) is 4.39 Å². The molecule has 0 radical (unpaired) electrons. The molecule has 0 bridgehead atoms. The molecule has 5 heteroatoms. The summed E-state index contributed by atoms with van der Waals surface area (Å²) in [6.45, 7) is 0.183. The van der Waals surface area contributed by atoms with Gasteiger partial charge in [0.1, 0.15) is 18.2 Å². The first kappa shape index (κ1) is 13.8. The Labute approximate surface area is 119 Å². The van der Waals surface area contributed by atoms with Crippen molar-refractivity contribution in [2.75, 3.05) is 0 Å². The highest BCUT2D eigenvalue weighted by Gasteiger charge is 2.06. The highest BCUT2D eigenvalue weighted by molar-refractivity contribution is 6.31. The summed E-state index contributed by atoms with van der Waals surface area (Å²) in [5.74, 6) is -0.0645. The van der Waals surface area contributed by atoms with E-state index in [2.05, 4.69) is 0 Å². The Morgan fingerprint density at radius 3 is 2.63 bits per heavy atom. The molecule has 0 saturated heterocycles. The summed E-state index contributed by atoms with van der Waals surface area (Å²) in [6.07, 6.45) is 0.666. The van der Waals surface area contributed by atoms with Gasteiger partial charge in [-0.05, 0) is 35.9 Å². The van der Waals surface area contributed by atoms with E-state index in [1.807, 2.05) is 0 Å². The maximum atomic E-state index is 13.0. The highest BCUT2D eigenvalue weighted by Crippen LogP contribution is 2.23. The molecule has 2 nitrogen and oxygen atoms in total. The standard InChI is InChI=1S/C14H9Cl2FO2/c15-11-2-4-14(10(6-11)7-18)19-8-9-1-3-13(17)12(16)5-9/h1-7H,8H2. The van der Waals surface area contributed by atoms with Gasteiger partial charge in [-0.15, -0.1) is 0 Å². The van der Waals surface area contributed by atoms with Crippen molar-refractivity contribution in [1.29, 1.82) is 0 Å². The fourth-order valence-corrected chi connectivity index (χ4v) is 1.92. The van der Waals surface area contributed by atoms with Crippen LogP contribution in [0.3, 0.4) is 0 Å². The topological polar surface area (TPSA) is 26.3 Å². The minimum atomic E-state index is -0.481. The molecule has 19 heavy (non-hydrogen) atoms. The van der Waals surface area contributed by atoms with Crippen LogP contribution < -0.4 is 4.74 Å². The molecule has 0 amide bonds. The zero-order valence-electron chi connectivity index (χ0n) is 9.70. The van der Waals surface area contributed by atoms with Gasteiger partial charge in [0, 0.05) is 5.02 Å². The molecule has 0 N–H and O–H groups in total. The first-order valence-corrected chi connectivity index (χ1v) is 6.17. The monoisotopic (exact) mass is 298 g/mol. The number of ether oxygens (including phenoxy) is 1. The molecule has 0 aliphatic heterocycles. The number of benzene rings is 2. The van der Waals surface area contributed by atoms with E-state index in [0.29, 0.717) is 28.2 Å². The predicted octanol–water partition coefficient (Wildman–Crippen LogP) is 4.52. The Kier molecular flexibility index (Phi) is 4.40. The molecule has 0 spiro atoms. The first-order chi connectivity index (χ1) is 9.10. The summed E-state index contributed by atoms with van der Waals surface area (Å²) in [5.41, 5.74) is 1.07. The third kappa shape index (κ3) is 3.46. The van der Waals surface area contributed by atoms with Crippen molar-refractivity contribution < 1.29 is 13.9 Å². The molecule has 2 aromatic rings. The van der Waals surface area contributed by atoms with E-state index < -0.39 is 5.82 Å². The van der Waals surface area contributed by atoms with Crippen LogP contribution in [0.2, 0.25) is 10.0 Å². The summed E-state index contributed by atoms with van der Waals surface area (Å²) in [5, 5.41) is 0.493. The van der Waals surface area contributed by atoms with Crippen molar-refractivity contribution in [1.82, 2.24) is 0 Å². The van der Waals surface area contributed by atoms with E-state index in [4.69, 9.17) is 27.9 Å². The fourth-order valence-electron chi connectivity index (χ4n) is 1.53. The smallest absolute Gasteiger partial charge is 0.153 e. The quantitative estimate of drug-likeness (QED) is 0.776. The molecule has 0 atom stereocenters. The van der Waals surface area contributed by atoms with Crippen LogP contribution in [0.25, 0.3) is 0 Å². The van der Waals surface area contributed by atoms with E-state index in [0.717, 1.165) is 0 Å². The van der Waals surface area contributed by atoms with E-state index in [9.17, 15) is 9.18 Å². The SMILES string of the molecule is O=Cc1cc(Cl)ccc1OCc1ccc(F)c(Cl)c1. The number of hydrogen-bond donors (Lipinski definition) is 0. The second-order valence-corrected chi connectivity index (χ2v) is 4.68. The molecule has 0 aromatic heterocycles. The molecule has 2 rings (SSSR count). The Morgan fingerprint density at radius 2 is 1.95 bits per heavy atom. The van der Waals surface area contributed by atoms with Gasteiger partial charge >= 0.3 is 0 Å². The number of aldehydes is 1. The van der Waals surface area contributed by atoms with Crippen LogP contribution in [0, 0.1) is 5.82 Å². The lowest BCUT2D eigenvalue weighted by Crippen LogP contribution is -1.98. The van der Waals surface area contributed by atoms with Gasteiger partial charge in [-0.1, -0.05) is 29.3 Å². The minimum Gasteiger partial charge on any atom is -0.488 e. The maximum Gasteiger partial charge on any atom is 0.153 e. The van der Waals surface area contributed by atoms with Crippen LogP contribution in [0.4, 0.5) is 4.39 Å². The molecule has 0 heterocycles. The lowest BCUT2D eigenvalue weighted by atomic mass is 10.2. The van der Waals surface area contributed by atoms with Crippen molar-refractivity contribution in [3.8, 4) is 5.75 Å². The minimum absolute atomic E-state index is 0.0350. The highest BCUT2D eigenvalue weighted by atomic mass is 35.5. The summed E-state index contributed by atoms with van der Waals surface area (Å²) in [4.78, 5) is 10.9. The molecule has 2 aromatic carbocycles. The second-order valence-electron chi connectivity index (χ2n) is 3.84. The Hall–Kier alpha value is -1.58. The van der Waals surface area contributed by atoms with Crippen molar-refractivity contribution in [3.05, 3.63) is 63.4 Å². The third-order valence-electron chi connectivity index (χ3n) is 2.48. The molecule has 98 valence electrons. The Morgan fingerprint density at radius 1 is 1.16 bits per heavy atom. The van der Waals surface area contributed by atoms with Gasteiger partial charge in [0.2, 0.25) is 0 Å². The lowest BCUT2D eigenvalue weighted by Gasteiger charge is -2.09. The molecular weight excluding hydrogens is 290 g/mol. The van der Waals surface area contributed by atoms with Gasteiger partial charge in [-0.3, -0.25) is 4.79 Å². The van der Waals surface area contributed by atoms with Crippen molar-refractivity contribution in [2.45, 2.75) is 6.61 Å². The van der Waals surface area contributed by atoms with E-state index in [1.165, 1.54) is 18.2 Å². The van der Waals surface area contributed by atoms with Gasteiger partial charge in [0.05, 0.1) is 10.6 Å².